The van der Waals surface area contributed by atoms with Crippen molar-refractivity contribution in [3.8, 4) is 5.75 Å². The molecule has 4 bridgehead atoms. The molecule has 4 aliphatic rings. The maximum Gasteiger partial charge on any atom is 0.251 e. The van der Waals surface area contributed by atoms with E-state index < -0.39 is 0 Å². The predicted molar refractivity (Wildman–Crippen MR) is 163 cm³/mol. The van der Waals surface area contributed by atoms with E-state index in [4.69, 9.17) is 4.74 Å². The largest absolute Gasteiger partial charge is 0.497 e. The van der Waals surface area contributed by atoms with Crippen molar-refractivity contribution >= 4 is 5.91 Å². The van der Waals surface area contributed by atoms with E-state index in [0.717, 1.165) is 30.7 Å². The fourth-order valence-corrected chi connectivity index (χ4v) is 8.51. The van der Waals surface area contributed by atoms with E-state index >= 15 is 0 Å². The molecule has 0 spiro atoms. The van der Waals surface area contributed by atoms with Crippen LogP contribution in [-0.4, -0.2) is 53.0 Å². The minimum absolute atomic E-state index is 0.0639. The number of nitrogens with one attached hydrogen (secondary N) is 1. The van der Waals surface area contributed by atoms with E-state index in [1.54, 1.807) is 7.11 Å². The van der Waals surface area contributed by atoms with Crippen LogP contribution in [0, 0.1) is 0 Å². The Morgan fingerprint density at radius 2 is 1.46 bits per heavy atom. The first-order valence-corrected chi connectivity index (χ1v) is 15.8. The fraction of sp³-hybridized carbons (Fsp3) is 0.472. The molecule has 4 fully saturated rings. The van der Waals surface area contributed by atoms with Crippen LogP contribution in [-0.2, 0) is 6.54 Å². The first-order chi connectivity index (χ1) is 20.2. The molecule has 1 amide bonds. The molecule has 1 N–H and O–H groups in total. The molecule has 5 unspecified atom stereocenters. The van der Waals surface area contributed by atoms with Gasteiger partial charge in [0.1, 0.15) is 5.75 Å². The summed E-state index contributed by atoms with van der Waals surface area (Å²) in [7, 11) is 1.75. The van der Waals surface area contributed by atoms with Crippen LogP contribution in [0.4, 0.5) is 0 Å². The summed E-state index contributed by atoms with van der Waals surface area (Å²) in [6, 6.07) is 30.8. The Kier molecular flexibility index (Phi) is 7.57. The summed E-state index contributed by atoms with van der Waals surface area (Å²) >= 11 is 0. The number of carbonyl (C=O) groups excluding carboxylic acids is 1. The molecule has 214 valence electrons. The Bertz CT molecular complexity index is 1320. The summed E-state index contributed by atoms with van der Waals surface area (Å²) in [4.78, 5) is 18.8. The number of carbonyl (C=O) groups is 1. The first-order valence-electron chi connectivity index (χ1n) is 15.8. The molecule has 3 heterocycles. The minimum Gasteiger partial charge on any atom is -0.497 e. The van der Waals surface area contributed by atoms with Crippen molar-refractivity contribution in [2.24, 2.45) is 0 Å². The van der Waals surface area contributed by atoms with E-state index in [9.17, 15) is 4.79 Å². The number of amides is 1. The van der Waals surface area contributed by atoms with E-state index in [-0.39, 0.29) is 11.9 Å². The Balaban J connectivity index is 1.19. The van der Waals surface area contributed by atoms with Crippen molar-refractivity contribution < 1.29 is 9.53 Å². The second-order valence-electron chi connectivity index (χ2n) is 12.6. The lowest BCUT2D eigenvalue weighted by Crippen LogP contribution is -2.60. The van der Waals surface area contributed by atoms with E-state index in [2.05, 4.69) is 75.8 Å². The van der Waals surface area contributed by atoms with Gasteiger partial charge in [-0.2, -0.15) is 0 Å². The van der Waals surface area contributed by atoms with Gasteiger partial charge < -0.3 is 10.1 Å². The number of nitrogens with zero attached hydrogens (tertiary/aromatic N) is 2. The SMILES string of the molecule is COc1cccc(C(c2ccc(C(=O)NC3CCCCC3)cc2)N2C3CCC2C2CCC3N2Cc2ccccc2)c1. The molecule has 7 rings (SSSR count). The fourth-order valence-electron chi connectivity index (χ4n) is 8.51. The molecule has 5 atom stereocenters. The highest BCUT2D eigenvalue weighted by molar-refractivity contribution is 5.94. The van der Waals surface area contributed by atoms with Crippen molar-refractivity contribution in [2.75, 3.05) is 7.11 Å². The summed E-state index contributed by atoms with van der Waals surface area (Å²) in [6.45, 7) is 1.05. The van der Waals surface area contributed by atoms with Gasteiger partial charge in [0.05, 0.1) is 13.2 Å². The average molecular weight is 550 g/mol. The summed E-state index contributed by atoms with van der Waals surface area (Å²) in [6.07, 6.45) is 11.0. The van der Waals surface area contributed by atoms with Gasteiger partial charge in [-0.05, 0) is 79.5 Å². The topological polar surface area (TPSA) is 44.8 Å². The van der Waals surface area contributed by atoms with E-state index in [1.807, 2.05) is 18.2 Å². The van der Waals surface area contributed by atoms with Gasteiger partial charge in [0.25, 0.3) is 5.91 Å². The zero-order chi connectivity index (χ0) is 27.8. The first kappa shape index (κ1) is 26.7. The zero-order valence-electron chi connectivity index (χ0n) is 24.3. The molecule has 1 saturated carbocycles. The number of ether oxygens (including phenoxy) is 1. The standard InChI is InChI=1S/C36H43N3O2/c1-41-30-14-8-11-28(23-30)35(26-15-17-27(18-16-26)36(40)37-29-12-6-3-7-13-29)39-33-21-22-34(39)32-20-19-31(33)38(32)24-25-9-4-2-5-10-25/h2,4-5,8-11,14-18,23,29,31-35H,3,6-7,12-13,19-22,24H2,1H3,(H,37,40). The zero-order valence-corrected chi connectivity index (χ0v) is 24.3. The van der Waals surface area contributed by atoms with Crippen molar-refractivity contribution in [1.82, 2.24) is 15.1 Å². The number of piperazine rings is 1. The van der Waals surface area contributed by atoms with Gasteiger partial charge in [0.15, 0.2) is 0 Å². The number of methoxy groups -OCH3 is 1. The summed E-state index contributed by atoms with van der Waals surface area (Å²) in [5.74, 6) is 0.961. The summed E-state index contributed by atoms with van der Waals surface area (Å²) in [5, 5.41) is 3.29. The van der Waals surface area contributed by atoms with Crippen LogP contribution in [0.25, 0.3) is 0 Å². The molecule has 0 aromatic heterocycles. The van der Waals surface area contributed by atoms with E-state index in [1.165, 1.54) is 61.6 Å². The third kappa shape index (κ3) is 5.19. The van der Waals surface area contributed by atoms with Crippen LogP contribution in [0.5, 0.6) is 5.75 Å². The van der Waals surface area contributed by atoms with Crippen LogP contribution < -0.4 is 10.1 Å². The lowest BCUT2D eigenvalue weighted by Gasteiger charge is -2.50. The van der Waals surface area contributed by atoms with Crippen LogP contribution in [0.2, 0.25) is 0 Å². The third-order valence-electron chi connectivity index (χ3n) is 10.4. The molecule has 3 aromatic carbocycles. The minimum atomic E-state index is 0.0639. The van der Waals surface area contributed by atoms with Gasteiger partial charge in [-0.25, -0.2) is 0 Å². The van der Waals surface area contributed by atoms with Crippen LogP contribution in [0.1, 0.15) is 90.9 Å². The van der Waals surface area contributed by atoms with Crippen LogP contribution in [0.15, 0.2) is 78.9 Å². The molecular weight excluding hydrogens is 506 g/mol. The molecule has 3 aromatic rings. The highest BCUT2D eigenvalue weighted by atomic mass is 16.5. The van der Waals surface area contributed by atoms with Gasteiger partial charge in [0, 0.05) is 42.3 Å². The number of fused-ring (bicyclic) bond motifs is 6. The molecule has 3 aliphatic heterocycles. The third-order valence-corrected chi connectivity index (χ3v) is 10.4. The molecular formula is C36H43N3O2. The highest BCUT2D eigenvalue weighted by Crippen LogP contribution is 2.51. The van der Waals surface area contributed by atoms with Crippen LogP contribution in [0.3, 0.4) is 0 Å². The van der Waals surface area contributed by atoms with Gasteiger partial charge >= 0.3 is 0 Å². The quantitative estimate of drug-likeness (QED) is 0.339. The number of benzene rings is 3. The Morgan fingerprint density at radius 3 is 2.15 bits per heavy atom. The maximum atomic E-state index is 13.1. The van der Waals surface area contributed by atoms with E-state index in [0.29, 0.717) is 30.2 Å². The van der Waals surface area contributed by atoms with Gasteiger partial charge in [-0.1, -0.05) is 73.9 Å². The second-order valence-corrected chi connectivity index (χ2v) is 12.6. The molecule has 41 heavy (non-hydrogen) atoms. The Hall–Kier alpha value is -3.15. The normalized spacial score (nSPS) is 27.0. The summed E-state index contributed by atoms with van der Waals surface area (Å²) in [5.41, 5.74) is 4.72. The molecule has 5 nitrogen and oxygen atoms in total. The Labute approximate surface area is 244 Å². The van der Waals surface area contributed by atoms with Crippen molar-refractivity contribution in [1.29, 1.82) is 0 Å². The number of hydrogen-bond acceptors (Lipinski definition) is 4. The van der Waals surface area contributed by atoms with Gasteiger partial charge in [0.2, 0.25) is 0 Å². The van der Waals surface area contributed by atoms with Gasteiger partial charge in [-0.15, -0.1) is 0 Å². The highest BCUT2D eigenvalue weighted by Gasteiger charge is 2.56. The second kappa shape index (κ2) is 11.6. The predicted octanol–water partition coefficient (Wildman–Crippen LogP) is 6.73. The lowest BCUT2D eigenvalue weighted by atomic mass is 9.91. The maximum absolute atomic E-state index is 13.1. The van der Waals surface area contributed by atoms with Crippen molar-refractivity contribution in [3.05, 3.63) is 101 Å². The monoisotopic (exact) mass is 549 g/mol. The molecule has 3 saturated heterocycles. The average Bonchev–Trinajstić information content (AvgIpc) is 3.53. The van der Waals surface area contributed by atoms with Crippen molar-refractivity contribution in [2.45, 2.75) is 101 Å². The molecule has 0 radical (unpaired) electrons. The number of rotatable bonds is 8. The number of hydrogen-bond donors (Lipinski definition) is 1. The van der Waals surface area contributed by atoms with Gasteiger partial charge in [-0.3, -0.25) is 14.6 Å². The Morgan fingerprint density at radius 1 is 0.780 bits per heavy atom. The van der Waals surface area contributed by atoms with Crippen molar-refractivity contribution in [3.63, 3.8) is 0 Å². The molecule has 5 heteroatoms. The summed E-state index contributed by atoms with van der Waals surface area (Å²) < 4.78 is 5.68. The smallest absolute Gasteiger partial charge is 0.251 e. The molecule has 1 aliphatic carbocycles. The van der Waals surface area contributed by atoms with Crippen LogP contribution >= 0.6 is 0 Å². The lowest BCUT2D eigenvalue weighted by molar-refractivity contribution is -0.0140.